The number of thioether (sulfide) groups is 1. The molecule has 1 aromatic heterocycles. The summed E-state index contributed by atoms with van der Waals surface area (Å²) in [5.41, 5.74) is 2.64. The fourth-order valence-corrected chi connectivity index (χ4v) is 9.20. The number of para-hydroxylation sites is 1. The van der Waals surface area contributed by atoms with Gasteiger partial charge in [-0.05, 0) is 89.0 Å². The Morgan fingerprint density at radius 1 is 0.836 bits per heavy atom. The maximum Gasteiger partial charge on any atom is 0.294 e. The summed E-state index contributed by atoms with van der Waals surface area (Å²) in [6, 6.07) is 32.0. The molecule has 6 aromatic rings. The van der Waals surface area contributed by atoms with E-state index in [1.807, 2.05) is 59.2 Å². The highest BCUT2D eigenvalue weighted by Crippen LogP contribution is 2.48. The van der Waals surface area contributed by atoms with Crippen molar-refractivity contribution in [3.63, 3.8) is 0 Å². The number of hydrogen-bond acceptors (Lipinski definition) is 11. The molecule has 0 spiro atoms. The smallest absolute Gasteiger partial charge is 0.294 e. The Morgan fingerprint density at radius 3 is 2.25 bits per heavy atom. The average molecular weight is 821 g/mol. The lowest BCUT2D eigenvalue weighted by Gasteiger charge is -2.21. The summed E-state index contributed by atoms with van der Waals surface area (Å²) in [6.07, 6.45) is 2.77. The van der Waals surface area contributed by atoms with E-state index in [0.29, 0.717) is 25.0 Å². The molecule has 0 bridgehead atoms. The lowest BCUT2D eigenvalue weighted by Crippen LogP contribution is -2.39. The van der Waals surface area contributed by atoms with Crippen LogP contribution < -0.4 is 14.8 Å². The van der Waals surface area contributed by atoms with Crippen LogP contribution in [-0.2, 0) is 40.9 Å². The van der Waals surface area contributed by atoms with Gasteiger partial charge in [0, 0.05) is 35.0 Å². The van der Waals surface area contributed by atoms with Crippen molar-refractivity contribution in [3.8, 4) is 0 Å². The van der Waals surface area contributed by atoms with Crippen LogP contribution in [0.15, 0.2) is 123 Å². The second-order valence-electron chi connectivity index (χ2n) is 12.7. The SMILES string of the molecule is O=C(CC[n+]1c(C=C2Sc3cc4cc5ccccc5cc4cc3N2CCCCS(=O)(=O)O)ccc2ccccc21)Nc1cc(S(=O)(=O)O)ccc1SOOO. The zero-order valence-corrected chi connectivity index (χ0v) is 32.1. The molecule has 13 nitrogen and oxygen atoms in total. The zero-order valence-electron chi connectivity index (χ0n) is 28.9. The first kappa shape index (κ1) is 38.7. The molecule has 0 saturated heterocycles. The van der Waals surface area contributed by atoms with Crippen molar-refractivity contribution in [1.82, 2.24) is 0 Å². The van der Waals surface area contributed by atoms with Gasteiger partial charge in [-0.1, -0.05) is 53.2 Å². The van der Waals surface area contributed by atoms with Crippen molar-refractivity contribution in [2.24, 2.45) is 0 Å². The Bertz CT molecular complexity index is 2710. The van der Waals surface area contributed by atoms with Gasteiger partial charge in [0.2, 0.25) is 17.1 Å². The van der Waals surface area contributed by atoms with Gasteiger partial charge in [0.25, 0.3) is 20.2 Å². The number of carbonyl (C=O) groups excluding carboxylic acids is 1. The van der Waals surface area contributed by atoms with Gasteiger partial charge in [-0.2, -0.15) is 21.4 Å². The van der Waals surface area contributed by atoms with Crippen LogP contribution in [0.25, 0.3) is 38.5 Å². The van der Waals surface area contributed by atoms with E-state index < -0.39 is 31.0 Å². The summed E-state index contributed by atoms with van der Waals surface area (Å²) in [5.74, 6) is -0.806. The number of fused-ring (bicyclic) bond motifs is 4. The van der Waals surface area contributed by atoms with Gasteiger partial charge in [0.1, 0.15) is 0 Å². The largest absolute Gasteiger partial charge is 0.335 e. The van der Waals surface area contributed by atoms with E-state index in [1.54, 1.807) is 11.8 Å². The number of anilines is 2. The zero-order chi connectivity index (χ0) is 38.7. The first-order valence-electron chi connectivity index (χ1n) is 16.9. The molecule has 4 N–H and O–H groups in total. The van der Waals surface area contributed by atoms with E-state index in [0.717, 1.165) is 65.9 Å². The minimum absolute atomic E-state index is 0.0116. The number of pyridine rings is 1. The Balaban J connectivity index is 1.22. The van der Waals surface area contributed by atoms with E-state index >= 15 is 0 Å². The first-order chi connectivity index (χ1) is 26.4. The summed E-state index contributed by atoms with van der Waals surface area (Å²) >= 11 is 2.11. The second kappa shape index (κ2) is 16.3. The minimum atomic E-state index is -4.59. The van der Waals surface area contributed by atoms with Gasteiger partial charge in [-0.15, -0.1) is 4.33 Å². The molecule has 17 heteroatoms. The molecule has 0 radical (unpaired) electrons. The first-order valence-corrected chi connectivity index (χ1v) is 21.5. The number of rotatable bonds is 14. The number of hydrogen-bond donors (Lipinski definition) is 4. The normalized spacial score (nSPS) is 13.9. The van der Waals surface area contributed by atoms with Crippen LogP contribution in [0.2, 0.25) is 0 Å². The van der Waals surface area contributed by atoms with Crippen LogP contribution in [0.1, 0.15) is 25.0 Å². The van der Waals surface area contributed by atoms with E-state index in [4.69, 9.17) is 5.26 Å². The summed E-state index contributed by atoms with van der Waals surface area (Å²) < 4.78 is 72.1. The number of nitrogens with one attached hydrogen (secondary N) is 1. The number of aromatic nitrogens is 1. The summed E-state index contributed by atoms with van der Waals surface area (Å²) in [4.78, 5) is 16.4. The van der Waals surface area contributed by atoms with Crippen molar-refractivity contribution in [2.45, 2.75) is 40.5 Å². The molecule has 0 saturated carbocycles. The van der Waals surface area contributed by atoms with Gasteiger partial charge in [-0.3, -0.25) is 13.9 Å². The maximum atomic E-state index is 13.4. The number of unbranched alkanes of at least 4 members (excludes halogenated alkanes) is 1. The number of nitrogens with zero attached hydrogens (tertiary/aromatic N) is 2. The molecule has 284 valence electrons. The monoisotopic (exact) mass is 820 g/mol. The molecule has 2 heterocycles. The van der Waals surface area contributed by atoms with Crippen LogP contribution in [0, 0.1) is 0 Å². The lowest BCUT2D eigenvalue weighted by molar-refractivity contribution is -0.671. The fraction of sp³-hybridized carbons (Fsp3) is 0.158. The van der Waals surface area contributed by atoms with Crippen LogP contribution in [0.5, 0.6) is 0 Å². The van der Waals surface area contributed by atoms with E-state index in [2.05, 4.69) is 56.0 Å². The predicted molar refractivity (Wildman–Crippen MR) is 213 cm³/mol. The Labute approximate surface area is 325 Å². The van der Waals surface area contributed by atoms with Crippen molar-refractivity contribution in [2.75, 3.05) is 22.5 Å². The topological polar surface area (TPSA) is 184 Å². The molecule has 55 heavy (non-hydrogen) atoms. The standard InChI is InChI=1S/C38H33N3O10S4/c42-37(39-32-24-31(55(47,48)49)13-14-35(32)53-51-50-43)15-17-40-30(12-11-25-7-3-4-10-33(25)40)23-38-41(16-5-6-18-54(44,45)46)34-21-28-19-26-8-1-2-9-27(26)20-29(28)22-36(34)52-38/h1-4,7-14,19-24H,5-6,15-18H2,(H3-,39,42,43,44,45,46,47,48,49)/p+1. The van der Waals surface area contributed by atoms with E-state index in [1.165, 1.54) is 6.07 Å². The molecular weight excluding hydrogens is 787 g/mol. The van der Waals surface area contributed by atoms with Crippen LogP contribution in [0.4, 0.5) is 11.4 Å². The molecule has 7 rings (SSSR count). The van der Waals surface area contributed by atoms with Gasteiger partial charge >= 0.3 is 0 Å². The molecule has 1 amide bonds. The molecule has 0 aliphatic carbocycles. The highest BCUT2D eigenvalue weighted by molar-refractivity contribution is 8.04. The second-order valence-corrected chi connectivity index (χ2v) is 17.5. The van der Waals surface area contributed by atoms with Crippen LogP contribution in [0.3, 0.4) is 0 Å². The molecule has 1 aliphatic rings. The van der Waals surface area contributed by atoms with Gasteiger partial charge in [0.15, 0.2) is 6.54 Å². The average Bonchev–Trinajstić information content (AvgIpc) is 3.47. The van der Waals surface area contributed by atoms with Gasteiger partial charge < -0.3 is 10.2 Å². The van der Waals surface area contributed by atoms with E-state index in [-0.39, 0.29) is 35.7 Å². The lowest BCUT2D eigenvalue weighted by atomic mass is 10.0. The van der Waals surface area contributed by atoms with Gasteiger partial charge in [-0.25, -0.2) is 5.26 Å². The molecule has 1 aliphatic heterocycles. The van der Waals surface area contributed by atoms with Crippen molar-refractivity contribution >= 4 is 99.8 Å². The summed E-state index contributed by atoms with van der Waals surface area (Å²) in [5, 5.41) is 21.2. The Hall–Kier alpha value is -4.56. The summed E-state index contributed by atoms with van der Waals surface area (Å²) in [6.45, 7) is 0.704. The highest BCUT2D eigenvalue weighted by Gasteiger charge is 2.28. The number of benzene rings is 5. The third-order valence-corrected chi connectivity index (χ3v) is 12.5. The molecule has 0 atom stereocenters. The maximum absolute atomic E-state index is 13.4. The highest BCUT2D eigenvalue weighted by atomic mass is 32.2. The van der Waals surface area contributed by atoms with Crippen LogP contribution in [-0.4, -0.2) is 49.4 Å². The molecule has 0 fully saturated rings. The Morgan fingerprint density at radius 2 is 1.55 bits per heavy atom. The van der Waals surface area contributed by atoms with Gasteiger partial charge in [0.05, 0.1) is 50.4 Å². The number of amides is 1. The third-order valence-electron chi connectivity index (χ3n) is 9.07. The third kappa shape index (κ3) is 9.12. The van der Waals surface area contributed by atoms with Crippen molar-refractivity contribution < 1.29 is 49.9 Å². The van der Waals surface area contributed by atoms with Crippen molar-refractivity contribution in [1.29, 1.82) is 0 Å². The quantitative estimate of drug-likeness (QED) is 0.0160. The van der Waals surface area contributed by atoms with E-state index in [9.17, 15) is 30.7 Å². The predicted octanol–water partition coefficient (Wildman–Crippen LogP) is 7.72. The number of aryl methyl sites for hydroxylation is 1. The van der Waals surface area contributed by atoms with Crippen molar-refractivity contribution in [3.05, 3.63) is 114 Å². The summed E-state index contributed by atoms with van der Waals surface area (Å²) in [7, 11) is -8.69. The number of carbonyl (C=O) groups is 1. The minimum Gasteiger partial charge on any atom is -0.335 e. The fourth-order valence-electron chi connectivity index (χ4n) is 6.53. The Kier molecular flexibility index (Phi) is 11.4. The molecule has 5 aromatic carbocycles. The molecule has 0 unspecified atom stereocenters. The van der Waals surface area contributed by atoms with Crippen LogP contribution >= 0.6 is 23.8 Å². The molecular formula is C38H34N3O10S4+.